The second kappa shape index (κ2) is 8.58. The lowest BCUT2D eigenvalue weighted by atomic mass is 10.0. The summed E-state index contributed by atoms with van der Waals surface area (Å²) >= 11 is 0. The summed E-state index contributed by atoms with van der Waals surface area (Å²) in [5, 5.41) is 2.62. The molecule has 2 aromatic rings. The van der Waals surface area contributed by atoms with Crippen molar-refractivity contribution >= 4 is 15.9 Å². The molecular formula is C19H24F3N3O3S. The Morgan fingerprint density at radius 2 is 1.83 bits per heavy atom. The van der Waals surface area contributed by atoms with Crippen LogP contribution in [0.5, 0.6) is 0 Å². The molecule has 0 saturated carbocycles. The molecule has 0 aliphatic heterocycles. The molecule has 0 unspecified atom stereocenters. The maximum Gasteiger partial charge on any atom is 0.416 e. The first-order valence-electron chi connectivity index (χ1n) is 9.06. The Labute approximate surface area is 168 Å². The van der Waals surface area contributed by atoms with Crippen LogP contribution in [0.1, 0.15) is 48.4 Å². The van der Waals surface area contributed by atoms with E-state index in [9.17, 15) is 26.4 Å². The second-order valence-corrected chi connectivity index (χ2v) is 8.52. The number of carbonyl (C=O) groups excluding carboxylic acids is 1. The molecule has 10 heteroatoms. The lowest BCUT2D eigenvalue weighted by Gasteiger charge is -2.17. The molecule has 1 atom stereocenters. The normalized spacial score (nSPS) is 13.5. The van der Waals surface area contributed by atoms with Crippen molar-refractivity contribution in [2.75, 3.05) is 13.1 Å². The fourth-order valence-corrected chi connectivity index (χ4v) is 4.48. The zero-order chi connectivity index (χ0) is 22.0. The molecule has 0 fully saturated rings. The number of aromatic nitrogens is 1. The number of rotatable bonds is 7. The van der Waals surface area contributed by atoms with Crippen LogP contribution in [0.15, 0.2) is 41.4 Å². The highest BCUT2D eigenvalue weighted by molar-refractivity contribution is 7.89. The van der Waals surface area contributed by atoms with Gasteiger partial charge in [0, 0.05) is 26.3 Å². The van der Waals surface area contributed by atoms with Crippen LogP contribution in [0, 0.1) is 0 Å². The Balaban J connectivity index is 2.25. The Bertz CT molecular complexity index is 980. The van der Waals surface area contributed by atoms with Crippen molar-refractivity contribution in [3.63, 3.8) is 0 Å². The van der Waals surface area contributed by atoms with Gasteiger partial charge in [0.05, 0.1) is 11.6 Å². The van der Waals surface area contributed by atoms with Crippen molar-refractivity contribution in [1.82, 2.24) is 14.2 Å². The van der Waals surface area contributed by atoms with Gasteiger partial charge in [-0.15, -0.1) is 0 Å². The van der Waals surface area contributed by atoms with Gasteiger partial charge < -0.3 is 9.88 Å². The van der Waals surface area contributed by atoms with E-state index in [0.717, 1.165) is 12.1 Å². The Hall–Kier alpha value is -2.33. The molecule has 1 amide bonds. The monoisotopic (exact) mass is 431 g/mol. The molecule has 0 saturated heterocycles. The Morgan fingerprint density at radius 1 is 1.21 bits per heavy atom. The number of sulfonamides is 1. The van der Waals surface area contributed by atoms with Crippen molar-refractivity contribution in [3.05, 3.63) is 53.3 Å². The standard InChI is InChI=1S/C19H24F3N3O3S/c1-5-25(6-2)29(27,28)16-11-17(24(4)12-16)18(26)23-13(3)14-8-7-9-15(10-14)19(20,21)22/h7-13H,5-6H2,1-4H3,(H,23,26)/t13-/m0/s1. The number of hydrogen-bond donors (Lipinski definition) is 1. The summed E-state index contributed by atoms with van der Waals surface area (Å²) in [6.07, 6.45) is -3.14. The van der Waals surface area contributed by atoms with Crippen molar-refractivity contribution in [3.8, 4) is 0 Å². The van der Waals surface area contributed by atoms with Gasteiger partial charge in [-0.2, -0.15) is 17.5 Å². The topological polar surface area (TPSA) is 71.4 Å². The summed E-state index contributed by atoms with van der Waals surface area (Å²) in [7, 11) is -2.20. The van der Waals surface area contributed by atoms with E-state index in [2.05, 4.69) is 5.32 Å². The quantitative estimate of drug-likeness (QED) is 0.729. The SMILES string of the molecule is CCN(CC)S(=O)(=O)c1cc(C(=O)N[C@@H](C)c2cccc(C(F)(F)F)c2)n(C)c1. The summed E-state index contributed by atoms with van der Waals surface area (Å²) in [5.41, 5.74) is -0.421. The van der Waals surface area contributed by atoms with E-state index in [-0.39, 0.29) is 10.6 Å². The molecule has 29 heavy (non-hydrogen) atoms. The van der Waals surface area contributed by atoms with Gasteiger partial charge in [-0.3, -0.25) is 4.79 Å². The molecule has 6 nitrogen and oxygen atoms in total. The minimum Gasteiger partial charge on any atom is -0.345 e. The number of nitrogens with zero attached hydrogens (tertiary/aromatic N) is 2. The number of hydrogen-bond acceptors (Lipinski definition) is 3. The van der Waals surface area contributed by atoms with Gasteiger partial charge >= 0.3 is 6.18 Å². The van der Waals surface area contributed by atoms with Crippen LogP contribution >= 0.6 is 0 Å². The summed E-state index contributed by atoms with van der Waals surface area (Å²) in [6.45, 7) is 5.58. The van der Waals surface area contributed by atoms with Crippen molar-refractivity contribution in [2.45, 2.75) is 37.9 Å². The van der Waals surface area contributed by atoms with Crippen LogP contribution in [-0.2, 0) is 23.2 Å². The van der Waals surface area contributed by atoms with Gasteiger partial charge in [0.25, 0.3) is 5.91 Å². The first-order valence-corrected chi connectivity index (χ1v) is 10.5. The van der Waals surface area contributed by atoms with E-state index in [4.69, 9.17) is 0 Å². The average Bonchev–Trinajstić information content (AvgIpc) is 3.04. The lowest BCUT2D eigenvalue weighted by molar-refractivity contribution is -0.137. The van der Waals surface area contributed by atoms with Gasteiger partial charge in [-0.25, -0.2) is 8.42 Å². The number of aryl methyl sites for hydroxylation is 1. The molecule has 0 radical (unpaired) electrons. The number of halogens is 3. The molecule has 0 spiro atoms. The van der Waals surface area contributed by atoms with Crippen molar-refractivity contribution < 1.29 is 26.4 Å². The summed E-state index contributed by atoms with van der Waals surface area (Å²) in [4.78, 5) is 12.6. The molecule has 1 aromatic heterocycles. The first-order chi connectivity index (χ1) is 13.4. The molecule has 0 bridgehead atoms. The number of benzene rings is 1. The van der Waals surface area contributed by atoms with Gasteiger partial charge in [-0.05, 0) is 30.7 Å². The third-order valence-electron chi connectivity index (χ3n) is 4.62. The Morgan fingerprint density at radius 3 is 2.38 bits per heavy atom. The Kier molecular flexibility index (Phi) is 6.79. The summed E-state index contributed by atoms with van der Waals surface area (Å²) in [6, 6.07) is 5.26. The highest BCUT2D eigenvalue weighted by Crippen LogP contribution is 2.30. The van der Waals surface area contributed by atoms with Crippen LogP contribution < -0.4 is 5.32 Å². The van der Waals surface area contributed by atoms with Gasteiger partial charge in [0.1, 0.15) is 10.6 Å². The summed E-state index contributed by atoms with van der Waals surface area (Å²) in [5.74, 6) is -0.585. The van der Waals surface area contributed by atoms with Crippen molar-refractivity contribution in [1.29, 1.82) is 0 Å². The molecule has 0 aliphatic carbocycles. The van der Waals surface area contributed by atoms with E-state index in [1.807, 2.05) is 0 Å². The molecule has 0 aliphatic rings. The average molecular weight is 431 g/mol. The fourth-order valence-electron chi connectivity index (χ4n) is 2.95. The van der Waals surface area contributed by atoms with Crippen LogP contribution in [0.2, 0.25) is 0 Å². The van der Waals surface area contributed by atoms with Gasteiger partial charge in [0.2, 0.25) is 10.0 Å². The van der Waals surface area contributed by atoms with E-state index in [1.165, 1.54) is 40.3 Å². The van der Waals surface area contributed by atoms with Gasteiger partial charge in [-0.1, -0.05) is 26.0 Å². The first kappa shape index (κ1) is 23.0. The third kappa shape index (κ3) is 4.99. The predicted octanol–water partition coefficient (Wildman–Crippen LogP) is 3.57. The lowest BCUT2D eigenvalue weighted by Crippen LogP contribution is -2.30. The molecule has 1 N–H and O–H groups in total. The number of nitrogens with one attached hydrogen (secondary N) is 1. The fraction of sp³-hybridized carbons (Fsp3) is 0.421. The third-order valence-corrected chi connectivity index (χ3v) is 6.63. The highest BCUT2D eigenvalue weighted by atomic mass is 32.2. The molecule has 2 rings (SSSR count). The maximum absolute atomic E-state index is 12.9. The highest BCUT2D eigenvalue weighted by Gasteiger charge is 2.31. The van der Waals surface area contributed by atoms with E-state index in [0.29, 0.717) is 18.7 Å². The molecule has 1 aromatic carbocycles. The van der Waals surface area contributed by atoms with Crippen LogP contribution in [0.25, 0.3) is 0 Å². The van der Waals surface area contributed by atoms with E-state index >= 15 is 0 Å². The largest absolute Gasteiger partial charge is 0.416 e. The summed E-state index contributed by atoms with van der Waals surface area (Å²) < 4.78 is 66.6. The zero-order valence-corrected chi connectivity index (χ0v) is 17.4. The van der Waals surface area contributed by atoms with Crippen LogP contribution in [-0.4, -0.2) is 36.3 Å². The maximum atomic E-state index is 12.9. The molecule has 160 valence electrons. The number of alkyl halides is 3. The number of amides is 1. The minimum absolute atomic E-state index is 0.0134. The van der Waals surface area contributed by atoms with E-state index < -0.39 is 33.7 Å². The smallest absolute Gasteiger partial charge is 0.345 e. The van der Waals surface area contributed by atoms with Crippen LogP contribution in [0.3, 0.4) is 0 Å². The minimum atomic E-state index is -4.48. The molecular weight excluding hydrogens is 407 g/mol. The number of carbonyl (C=O) groups is 1. The van der Waals surface area contributed by atoms with E-state index in [1.54, 1.807) is 20.8 Å². The second-order valence-electron chi connectivity index (χ2n) is 6.58. The predicted molar refractivity (Wildman–Crippen MR) is 103 cm³/mol. The van der Waals surface area contributed by atoms with Crippen molar-refractivity contribution in [2.24, 2.45) is 7.05 Å². The zero-order valence-electron chi connectivity index (χ0n) is 16.6. The van der Waals surface area contributed by atoms with Gasteiger partial charge in [0.15, 0.2) is 0 Å². The van der Waals surface area contributed by atoms with Crippen LogP contribution in [0.4, 0.5) is 13.2 Å². The molecule has 1 heterocycles.